The van der Waals surface area contributed by atoms with Gasteiger partial charge in [0.2, 0.25) is 0 Å². The van der Waals surface area contributed by atoms with Gasteiger partial charge in [-0.15, -0.1) is 0 Å². The molecule has 1 fully saturated rings. The molecule has 0 heterocycles. The van der Waals surface area contributed by atoms with Crippen molar-refractivity contribution in [1.82, 2.24) is 0 Å². The second-order valence-corrected chi connectivity index (χ2v) is 3.98. The molecule has 0 bridgehead atoms. The van der Waals surface area contributed by atoms with E-state index in [0.29, 0.717) is 5.92 Å². The summed E-state index contributed by atoms with van der Waals surface area (Å²) < 4.78 is 0. The van der Waals surface area contributed by atoms with Crippen LogP contribution in [-0.4, -0.2) is 10.7 Å². The molecule has 14 heavy (non-hydrogen) atoms. The Bertz CT molecular complexity index is 371. The first-order valence-corrected chi connectivity index (χ1v) is 5.01. The van der Waals surface area contributed by atoms with E-state index in [0.717, 1.165) is 18.4 Å². The Hall–Kier alpha value is -1.26. The van der Waals surface area contributed by atoms with Gasteiger partial charge in [0, 0.05) is 5.56 Å². The molecule has 1 N–H and O–H groups in total. The number of benzene rings is 1. The van der Waals surface area contributed by atoms with Gasteiger partial charge >= 0.3 is 0 Å². The van der Waals surface area contributed by atoms with Crippen molar-refractivity contribution in [2.24, 2.45) is 5.92 Å². The molecule has 0 unspecified atom stereocenters. The molecule has 72 valence electrons. The minimum Gasteiger partial charge on any atom is -0.377 e. The third kappa shape index (κ3) is 1.66. The summed E-state index contributed by atoms with van der Waals surface area (Å²) in [7, 11) is 0. The van der Waals surface area contributed by atoms with Crippen LogP contribution in [0.3, 0.4) is 0 Å². The molecular weight excluding hydrogens is 172 g/mol. The van der Waals surface area contributed by atoms with E-state index in [1.807, 2.05) is 37.3 Å². The van der Waals surface area contributed by atoms with Crippen LogP contribution >= 0.6 is 0 Å². The highest BCUT2D eigenvalue weighted by Gasteiger charge is 2.40. The highest BCUT2D eigenvalue weighted by molar-refractivity contribution is 5.37. The fourth-order valence-electron chi connectivity index (χ4n) is 1.59. The third-order valence-corrected chi connectivity index (χ3v) is 2.97. The van der Waals surface area contributed by atoms with Crippen LogP contribution in [0.4, 0.5) is 0 Å². The maximum Gasteiger partial charge on any atom is 0.128 e. The van der Waals surface area contributed by atoms with Gasteiger partial charge in [-0.05, 0) is 30.9 Å². The van der Waals surface area contributed by atoms with Crippen molar-refractivity contribution >= 4 is 0 Å². The molecule has 1 nitrogen and oxygen atoms in total. The summed E-state index contributed by atoms with van der Waals surface area (Å²) in [6, 6.07) is 9.79. The normalized spacial score (nSPS) is 30.0. The molecule has 2 rings (SSSR count). The Kier molecular flexibility index (Phi) is 2.31. The molecular formula is C13H14O. The molecule has 1 aromatic carbocycles. The number of rotatable bonds is 0. The van der Waals surface area contributed by atoms with Crippen LogP contribution in [0.15, 0.2) is 30.3 Å². The quantitative estimate of drug-likeness (QED) is 0.616. The van der Waals surface area contributed by atoms with E-state index in [1.165, 1.54) is 0 Å². The zero-order chi connectivity index (χ0) is 10.0. The highest BCUT2D eigenvalue weighted by Crippen LogP contribution is 2.37. The molecule has 0 aliphatic heterocycles. The molecule has 0 radical (unpaired) electrons. The van der Waals surface area contributed by atoms with E-state index in [4.69, 9.17) is 0 Å². The SMILES string of the molecule is C[C@@H]1CC[C@]1(O)C#Cc1ccccc1. The summed E-state index contributed by atoms with van der Waals surface area (Å²) in [5.74, 6) is 6.30. The minimum absolute atomic E-state index is 0.318. The first kappa shape index (κ1) is 9.30. The Balaban J connectivity index is 2.15. The maximum atomic E-state index is 9.97. The van der Waals surface area contributed by atoms with Gasteiger partial charge in [-0.2, -0.15) is 0 Å². The van der Waals surface area contributed by atoms with Gasteiger partial charge in [-0.3, -0.25) is 0 Å². The van der Waals surface area contributed by atoms with Gasteiger partial charge in [0.05, 0.1) is 0 Å². The lowest BCUT2D eigenvalue weighted by atomic mass is 9.71. The second kappa shape index (κ2) is 3.48. The van der Waals surface area contributed by atoms with Crippen LogP contribution in [0.1, 0.15) is 25.3 Å². The van der Waals surface area contributed by atoms with Crippen molar-refractivity contribution in [3.05, 3.63) is 35.9 Å². The Morgan fingerprint density at radius 2 is 2.07 bits per heavy atom. The summed E-state index contributed by atoms with van der Waals surface area (Å²) in [5, 5.41) is 9.97. The standard InChI is InChI=1S/C13H14O/c1-11-7-9-13(11,14)10-8-12-5-3-2-4-6-12/h2-6,11,14H,7,9H2,1H3/t11-,13+/m1/s1. The Labute approximate surface area is 84.8 Å². The van der Waals surface area contributed by atoms with Crippen molar-refractivity contribution < 1.29 is 5.11 Å². The van der Waals surface area contributed by atoms with Gasteiger partial charge in [-0.25, -0.2) is 0 Å². The maximum absolute atomic E-state index is 9.97. The summed E-state index contributed by atoms with van der Waals surface area (Å²) in [4.78, 5) is 0. The predicted molar refractivity (Wildman–Crippen MR) is 56.7 cm³/mol. The van der Waals surface area contributed by atoms with Gasteiger partial charge in [-0.1, -0.05) is 37.0 Å². The van der Waals surface area contributed by atoms with Crippen molar-refractivity contribution in [2.75, 3.05) is 0 Å². The summed E-state index contributed by atoms with van der Waals surface area (Å²) >= 11 is 0. The smallest absolute Gasteiger partial charge is 0.128 e. The fraction of sp³-hybridized carbons (Fsp3) is 0.385. The molecule has 1 heteroatoms. The largest absolute Gasteiger partial charge is 0.377 e. The van der Waals surface area contributed by atoms with Gasteiger partial charge in [0.15, 0.2) is 0 Å². The van der Waals surface area contributed by atoms with Crippen molar-refractivity contribution in [1.29, 1.82) is 0 Å². The van der Waals surface area contributed by atoms with E-state index in [2.05, 4.69) is 11.8 Å². The number of hydrogen-bond acceptors (Lipinski definition) is 1. The van der Waals surface area contributed by atoms with Crippen LogP contribution in [0.5, 0.6) is 0 Å². The topological polar surface area (TPSA) is 20.2 Å². The van der Waals surface area contributed by atoms with Crippen molar-refractivity contribution in [2.45, 2.75) is 25.4 Å². The van der Waals surface area contributed by atoms with Crippen LogP contribution in [-0.2, 0) is 0 Å². The van der Waals surface area contributed by atoms with E-state index in [9.17, 15) is 5.11 Å². The number of aliphatic hydroxyl groups is 1. The van der Waals surface area contributed by atoms with Crippen molar-refractivity contribution in [3.8, 4) is 11.8 Å². The first-order chi connectivity index (χ1) is 6.71. The lowest BCUT2D eigenvalue weighted by Gasteiger charge is -2.39. The average molecular weight is 186 g/mol. The molecule has 1 aliphatic carbocycles. The zero-order valence-electron chi connectivity index (χ0n) is 8.33. The molecule has 2 atom stereocenters. The van der Waals surface area contributed by atoms with Gasteiger partial charge in [0.1, 0.15) is 5.60 Å². The van der Waals surface area contributed by atoms with E-state index in [1.54, 1.807) is 0 Å². The fourth-order valence-corrected chi connectivity index (χ4v) is 1.59. The summed E-state index contributed by atoms with van der Waals surface area (Å²) in [5.41, 5.74) is 0.246. The molecule has 0 amide bonds. The Morgan fingerprint density at radius 3 is 2.57 bits per heavy atom. The third-order valence-electron chi connectivity index (χ3n) is 2.97. The molecule has 1 aliphatic rings. The molecule has 0 spiro atoms. The summed E-state index contributed by atoms with van der Waals surface area (Å²) in [6.07, 6.45) is 1.90. The van der Waals surface area contributed by atoms with Crippen LogP contribution < -0.4 is 0 Å². The Morgan fingerprint density at radius 1 is 1.36 bits per heavy atom. The van der Waals surface area contributed by atoms with Gasteiger partial charge in [0.25, 0.3) is 0 Å². The van der Waals surface area contributed by atoms with Crippen LogP contribution in [0.2, 0.25) is 0 Å². The van der Waals surface area contributed by atoms with Crippen molar-refractivity contribution in [3.63, 3.8) is 0 Å². The molecule has 0 saturated heterocycles. The number of hydrogen-bond donors (Lipinski definition) is 1. The first-order valence-electron chi connectivity index (χ1n) is 5.01. The molecule has 0 aromatic heterocycles. The lowest BCUT2D eigenvalue weighted by Crippen LogP contribution is -2.44. The molecule has 1 aromatic rings. The monoisotopic (exact) mass is 186 g/mol. The average Bonchev–Trinajstić information content (AvgIpc) is 2.25. The summed E-state index contributed by atoms with van der Waals surface area (Å²) in [6.45, 7) is 2.04. The second-order valence-electron chi connectivity index (χ2n) is 3.98. The zero-order valence-corrected chi connectivity index (χ0v) is 8.33. The van der Waals surface area contributed by atoms with E-state index < -0.39 is 5.60 Å². The lowest BCUT2D eigenvalue weighted by molar-refractivity contribution is -0.0331. The minimum atomic E-state index is -0.726. The van der Waals surface area contributed by atoms with Crippen LogP contribution in [0.25, 0.3) is 0 Å². The van der Waals surface area contributed by atoms with Gasteiger partial charge < -0.3 is 5.11 Å². The van der Waals surface area contributed by atoms with E-state index in [-0.39, 0.29) is 0 Å². The van der Waals surface area contributed by atoms with Crippen LogP contribution in [0, 0.1) is 17.8 Å². The molecule has 1 saturated carbocycles. The van der Waals surface area contributed by atoms with E-state index >= 15 is 0 Å². The highest BCUT2D eigenvalue weighted by atomic mass is 16.3. The predicted octanol–water partition coefficient (Wildman–Crippen LogP) is 2.20.